The first kappa shape index (κ1) is 11.8. The molecule has 0 fully saturated rings. The first-order valence-corrected chi connectivity index (χ1v) is 4.98. The molecule has 0 unspecified atom stereocenters. The average Bonchev–Trinajstić information content (AvgIpc) is 2.78. The molecule has 2 aromatic rings. The summed E-state index contributed by atoms with van der Waals surface area (Å²) in [6.07, 6.45) is 1.55. The molecule has 8 nitrogen and oxygen atoms in total. The molecular formula is C10H10N4O4. The second kappa shape index (κ2) is 5.13. The fourth-order valence-corrected chi connectivity index (χ4v) is 1.18. The van der Waals surface area contributed by atoms with Gasteiger partial charge in [-0.1, -0.05) is 16.0 Å². The van der Waals surface area contributed by atoms with Crippen molar-refractivity contribution in [3.8, 4) is 17.5 Å². The molecule has 0 aliphatic rings. The molecule has 18 heavy (non-hydrogen) atoms. The van der Waals surface area contributed by atoms with Gasteiger partial charge in [0.2, 0.25) is 5.82 Å². The van der Waals surface area contributed by atoms with E-state index < -0.39 is 5.97 Å². The van der Waals surface area contributed by atoms with E-state index in [2.05, 4.69) is 19.8 Å². The van der Waals surface area contributed by atoms with Crippen molar-refractivity contribution in [2.75, 3.05) is 13.7 Å². The van der Waals surface area contributed by atoms with Crippen molar-refractivity contribution >= 4 is 5.97 Å². The Kier molecular flexibility index (Phi) is 3.37. The Morgan fingerprint density at radius 2 is 2.33 bits per heavy atom. The number of carbonyl (C=O) groups excluding carboxylic acids is 1. The molecule has 0 amide bonds. The van der Waals surface area contributed by atoms with Crippen LogP contribution in [0.1, 0.15) is 0 Å². The van der Waals surface area contributed by atoms with E-state index in [1.807, 2.05) is 0 Å². The number of pyridine rings is 1. The van der Waals surface area contributed by atoms with Crippen molar-refractivity contribution in [3.63, 3.8) is 0 Å². The van der Waals surface area contributed by atoms with E-state index in [0.29, 0.717) is 10.5 Å². The monoisotopic (exact) mass is 250 g/mol. The maximum absolute atomic E-state index is 10.9. The highest BCUT2D eigenvalue weighted by Gasteiger charge is 2.14. The third-order valence-electron chi connectivity index (χ3n) is 2.01. The zero-order chi connectivity index (χ0) is 13.0. The molecule has 0 bridgehead atoms. The van der Waals surface area contributed by atoms with Crippen LogP contribution in [0.5, 0.6) is 6.01 Å². The van der Waals surface area contributed by atoms with Crippen molar-refractivity contribution in [2.45, 2.75) is 0 Å². The summed E-state index contributed by atoms with van der Waals surface area (Å²) in [7, 11) is 1.24. The summed E-state index contributed by atoms with van der Waals surface area (Å²) in [6.45, 7) is -0.331. The van der Waals surface area contributed by atoms with Crippen molar-refractivity contribution in [1.82, 2.24) is 19.9 Å². The maximum atomic E-state index is 10.9. The molecule has 0 atom stereocenters. The molecule has 0 saturated carbocycles. The summed E-state index contributed by atoms with van der Waals surface area (Å²) in [6, 6.07) is 4.99. The van der Waals surface area contributed by atoms with Gasteiger partial charge in [0.25, 0.3) is 0 Å². The Labute approximate surface area is 102 Å². The maximum Gasteiger partial charge on any atom is 0.344 e. The average molecular weight is 250 g/mol. The molecule has 1 N–H and O–H groups in total. The number of hydrogen-bond donors (Lipinski definition) is 1. The van der Waals surface area contributed by atoms with Crippen LogP contribution >= 0.6 is 0 Å². The van der Waals surface area contributed by atoms with Gasteiger partial charge < -0.3 is 14.7 Å². The zero-order valence-corrected chi connectivity index (χ0v) is 9.48. The Morgan fingerprint density at radius 1 is 1.50 bits per heavy atom. The van der Waals surface area contributed by atoms with Crippen LogP contribution in [0.4, 0.5) is 0 Å². The summed E-state index contributed by atoms with van der Waals surface area (Å²) >= 11 is 0. The number of methoxy groups -OCH3 is 1. The number of ether oxygens (including phenoxy) is 2. The van der Waals surface area contributed by atoms with Gasteiger partial charge in [-0.25, -0.2) is 4.79 Å². The van der Waals surface area contributed by atoms with Gasteiger partial charge in [0.15, 0.2) is 6.61 Å². The van der Waals surface area contributed by atoms with Gasteiger partial charge >= 0.3 is 12.0 Å². The largest absolute Gasteiger partial charge is 0.466 e. The Morgan fingerprint density at radius 3 is 3.00 bits per heavy atom. The molecule has 0 aliphatic heterocycles. The molecule has 2 heterocycles. The van der Waals surface area contributed by atoms with Crippen LogP contribution in [0, 0.1) is 0 Å². The van der Waals surface area contributed by atoms with Crippen LogP contribution < -0.4 is 4.74 Å². The molecule has 0 radical (unpaired) electrons. The molecule has 0 spiro atoms. The topological polar surface area (TPSA) is 99.4 Å². The number of aromatic nitrogens is 4. The van der Waals surface area contributed by atoms with Crippen LogP contribution in [0.15, 0.2) is 24.4 Å². The molecule has 8 heteroatoms. The number of carbonyl (C=O) groups is 1. The molecular weight excluding hydrogens is 240 g/mol. The summed E-state index contributed by atoms with van der Waals surface area (Å²) < 4.78 is 9.33. The molecule has 2 aromatic heterocycles. The zero-order valence-electron chi connectivity index (χ0n) is 9.48. The minimum atomic E-state index is -0.566. The van der Waals surface area contributed by atoms with E-state index in [1.165, 1.54) is 7.11 Å². The first-order valence-electron chi connectivity index (χ1n) is 4.98. The van der Waals surface area contributed by atoms with Gasteiger partial charge in [0, 0.05) is 6.20 Å². The lowest BCUT2D eigenvalue weighted by atomic mass is 10.3. The smallest absolute Gasteiger partial charge is 0.344 e. The van der Waals surface area contributed by atoms with E-state index in [9.17, 15) is 10.0 Å². The minimum absolute atomic E-state index is 0.121. The standard InChI is InChI=1S/C10H10N4O4/c1-17-8(15)6-18-10-12-9(14(16)13-10)7-4-2-3-5-11-7/h2-5,16H,6H2,1H3. The van der Waals surface area contributed by atoms with Gasteiger partial charge in [0.1, 0.15) is 5.69 Å². The molecule has 2 rings (SSSR count). The summed E-state index contributed by atoms with van der Waals surface area (Å²) in [5.41, 5.74) is 0.431. The van der Waals surface area contributed by atoms with E-state index >= 15 is 0 Å². The van der Waals surface area contributed by atoms with Crippen LogP contribution in [0.2, 0.25) is 0 Å². The fourth-order valence-electron chi connectivity index (χ4n) is 1.18. The van der Waals surface area contributed by atoms with Crippen molar-refractivity contribution in [3.05, 3.63) is 24.4 Å². The predicted molar refractivity (Wildman–Crippen MR) is 57.9 cm³/mol. The summed E-state index contributed by atoms with van der Waals surface area (Å²) in [5, 5.41) is 13.1. The van der Waals surface area contributed by atoms with Gasteiger partial charge in [-0.15, -0.1) is 0 Å². The lowest BCUT2D eigenvalue weighted by molar-refractivity contribution is -0.143. The minimum Gasteiger partial charge on any atom is -0.466 e. The van der Waals surface area contributed by atoms with Crippen molar-refractivity contribution in [2.24, 2.45) is 0 Å². The highest BCUT2D eigenvalue weighted by atomic mass is 16.6. The van der Waals surface area contributed by atoms with E-state index in [0.717, 1.165) is 0 Å². The lowest BCUT2D eigenvalue weighted by Gasteiger charge is -1.97. The van der Waals surface area contributed by atoms with Gasteiger partial charge in [0.05, 0.1) is 7.11 Å². The molecule has 94 valence electrons. The summed E-state index contributed by atoms with van der Waals surface area (Å²) in [4.78, 5) is 19.3. The lowest BCUT2D eigenvalue weighted by Crippen LogP contribution is -2.13. The van der Waals surface area contributed by atoms with Crippen LogP contribution in [-0.4, -0.2) is 44.8 Å². The van der Waals surface area contributed by atoms with E-state index in [1.54, 1.807) is 24.4 Å². The highest BCUT2D eigenvalue weighted by molar-refractivity contribution is 5.70. The number of esters is 1. The predicted octanol–water partition coefficient (Wildman–Crippen LogP) is 0.129. The van der Waals surface area contributed by atoms with Crippen molar-refractivity contribution in [1.29, 1.82) is 0 Å². The normalized spacial score (nSPS) is 10.1. The Balaban J connectivity index is 2.15. The van der Waals surface area contributed by atoms with E-state index in [4.69, 9.17) is 4.74 Å². The van der Waals surface area contributed by atoms with Crippen LogP contribution in [0.25, 0.3) is 11.5 Å². The number of rotatable bonds is 4. The molecule has 0 aliphatic carbocycles. The van der Waals surface area contributed by atoms with Gasteiger partial charge in [-0.2, -0.15) is 4.98 Å². The quantitative estimate of drug-likeness (QED) is 0.608. The second-order valence-electron chi connectivity index (χ2n) is 3.19. The fraction of sp³-hybridized carbons (Fsp3) is 0.200. The Hall–Kier alpha value is -2.64. The SMILES string of the molecule is COC(=O)COc1nc(-c2ccccn2)n(O)n1. The number of nitrogens with zero attached hydrogens (tertiary/aromatic N) is 4. The Bertz CT molecular complexity index is 540. The van der Waals surface area contributed by atoms with Gasteiger partial charge in [-0.3, -0.25) is 4.98 Å². The van der Waals surface area contributed by atoms with Crippen LogP contribution in [-0.2, 0) is 9.53 Å². The van der Waals surface area contributed by atoms with Crippen LogP contribution in [0.3, 0.4) is 0 Å². The highest BCUT2D eigenvalue weighted by Crippen LogP contribution is 2.15. The van der Waals surface area contributed by atoms with Gasteiger partial charge in [-0.05, 0) is 12.1 Å². The molecule has 0 aromatic carbocycles. The first-order chi connectivity index (χ1) is 8.70. The third kappa shape index (κ3) is 2.54. The van der Waals surface area contributed by atoms with E-state index in [-0.39, 0.29) is 18.4 Å². The van der Waals surface area contributed by atoms with Crippen molar-refractivity contribution < 1.29 is 19.5 Å². The third-order valence-corrected chi connectivity index (χ3v) is 2.01. The molecule has 0 saturated heterocycles. The second-order valence-corrected chi connectivity index (χ2v) is 3.19. The summed E-state index contributed by atoms with van der Waals surface area (Å²) in [5.74, 6) is -0.445. The number of hydrogen-bond acceptors (Lipinski definition) is 7.